The Morgan fingerprint density at radius 3 is 2.56 bits per heavy atom. The molecule has 2 aromatic rings. The standard InChI is InChI=1S/C20H25ClN2O2/c1-3-25-20-13-16(7-8-19(20)24-2)15-22-9-11-23(12-10-22)18-6-4-5-17(21)14-18/h4-8,13-14H,3,9-12,15H2,1-2H3/p+1. The number of ether oxygens (including phenoxy) is 2. The number of methoxy groups -OCH3 is 1. The third-order valence-corrected chi connectivity index (χ3v) is 4.86. The number of hydrogen-bond acceptors (Lipinski definition) is 3. The molecule has 2 aromatic carbocycles. The summed E-state index contributed by atoms with van der Waals surface area (Å²) in [7, 11) is 1.68. The number of hydrogen-bond donors (Lipinski definition) is 1. The average Bonchev–Trinajstić information content (AvgIpc) is 2.63. The number of benzene rings is 2. The van der Waals surface area contributed by atoms with Crippen molar-refractivity contribution < 1.29 is 14.4 Å². The first kappa shape index (κ1) is 17.9. The molecule has 1 saturated heterocycles. The SMILES string of the molecule is CCOc1cc(C[NH+]2CCN(c3cccc(Cl)c3)CC2)ccc1OC. The van der Waals surface area contributed by atoms with Gasteiger partial charge in [-0.3, -0.25) is 0 Å². The summed E-state index contributed by atoms with van der Waals surface area (Å²) in [5.41, 5.74) is 2.50. The van der Waals surface area contributed by atoms with Crippen LogP contribution >= 0.6 is 11.6 Å². The van der Waals surface area contributed by atoms with Crippen LogP contribution in [0.1, 0.15) is 12.5 Å². The van der Waals surface area contributed by atoms with Gasteiger partial charge in [0.25, 0.3) is 0 Å². The number of nitrogens with one attached hydrogen (secondary N) is 1. The van der Waals surface area contributed by atoms with Gasteiger partial charge >= 0.3 is 0 Å². The molecule has 25 heavy (non-hydrogen) atoms. The minimum atomic E-state index is 0.644. The first-order chi connectivity index (χ1) is 12.2. The van der Waals surface area contributed by atoms with Crippen molar-refractivity contribution in [3.63, 3.8) is 0 Å². The van der Waals surface area contributed by atoms with Crippen molar-refractivity contribution in [3.8, 4) is 11.5 Å². The zero-order chi connectivity index (χ0) is 17.6. The molecule has 1 fully saturated rings. The molecule has 0 aromatic heterocycles. The summed E-state index contributed by atoms with van der Waals surface area (Å²) >= 11 is 6.11. The van der Waals surface area contributed by atoms with Crippen molar-refractivity contribution in [1.82, 2.24) is 0 Å². The fraction of sp³-hybridized carbons (Fsp3) is 0.400. The Morgan fingerprint density at radius 2 is 1.88 bits per heavy atom. The molecule has 5 heteroatoms. The molecule has 0 spiro atoms. The average molecular weight is 362 g/mol. The predicted octanol–water partition coefficient (Wildman–Crippen LogP) is 2.65. The molecule has 134 valence electrons. The first-order valence-corrected chi connectivity index (χ1v) is 9.21. The highest BCUT2D eigenvalue weighted by atomic mass is 35.5. The Bertz CT molecular complexity index is 700. The van der Waals surface area contributed by atoms with Crippen LogP contribution in [0, 0.1) is 0 Å². The van der Waals surface area contributed by atoms with Crippen LogP contribution in [-0.2, 0) is 6.54 Å². The van der Waals surface area contributed by atoms with Gasteiger partial charge in [-0.15, -0.1) is 0 Å². The molecule has 0 bridgehead atoms. The maximum atomic E-state index is 6.11. The van der Waals surface area contributed by atoms with Gasteiger partial charge in [0.15, 0.2) is 11.5 Å². The predicted molar refractivity (Wildman–Crippen MR) is 102 cm³/mol. The number of quaternary nitrogens is 1. The van der Waals surface area contributed by atoms with E-state index < -0.39 is 0 Å². The summed E-state index contributed by atoms with van der Waals surface area (Å²) in [5.74, 6) is 1.63. The van der Waals surface area contributed by atoms with E-state index in [1.807, 2.05) is 31.2 Å². The van der Waals surface area contributed by atoms with E-state index in [2.05, 4.69) is 23.1 Å². The van der Waals surface area contributed by atoms with E-state index in [4.69, 9.17) is 21.1 Å². The van der Waals surface area contributed by atoms with Gasteiger partial charge in [0.2, 0.25) is 0 Å². The topological polar surface area (TPSA) is 26.1 Å². The molecular formula is C20H26ClN2O2+. The van der Waals surface area contributed by atoms with Crippen molar-refractivity contribution in [2.24, 2.45) is 0 Å². The summed E-state index contributed by atoms with van der Waals surface area (Å²) < 4.78 is 11.1. The van der Waals surface area contributed by atoms with Gasteiger partial charge < -0.3 is 19.3 Å². The minimum Gasteiger partial charge on any atom is -0.493 e. The van der Waals surface area contributed by atoms with Crippen LogP contribution in [0.3, 0.4) is 0 Å². The molecule has 1 aliphatic heterocycles. The highest BCUT2D eigenvalue weighted by Crippen LogP contribution is 2.27. The summed E-state index contributed by atoms with van der Waals surface area (Å²) in [5, 5.41) is 0.800. The molecule has 0 amide bonds. The molecule has 0 saturated carbocycles. The van der Waals surface area contributed by atoms with Gasteiger partial charge in [-0.2, -0.15) is 0 Å². The van der Waals surface area contributed by atoms with E-state index in [-0.39, 0.29) is 0 Å². The number of nitrogens with zero attached hydrogens (tertiary/aromatic N) is 1. The number of anilines is 1. The van der Waals surface area contributed by atoms with Gasteiger partial charge in [-0.25, -0.2) is 0 Å². The van der Waals surface area contributed by atoms with E-state index in [1.165, 1.54) is 11.3 Å². The highest BCUT2D eigenvalue weighted by Gasteiger charge is 2.21. The van der Waals surface area contributed by atoms with Crippen LogP contribution in [0.4, 0.5) is 5.69 Å². The monoisotopic (exact) mass is 361 g/mol. The van der Waals surface area contributed by atoms with Crippen LogP contribution in [0.15, 0.2) is 42.5 Å². The van der Waals surface area contributed by atoms with Crippen molar-refractivity contribution in [1.29, 1.82) is 0 Å². The Labute approximate surface area is 154 Å². The van der Waals surface area contributed by atoms with Crippen LogP contribution in [0.2, 0.25) is 5.02 Å². The lowest BCUT2D eigenvalue weighted by atomic mass is 10.1. The van der Waals surface area contributed by atoms with Crippen LogP contribution < -0.4 is 19.3 Å². The molecule has 1 heterocycles. The molecule has 3 rings (SSSR count). The normalized spacial score (nSPS) is 15.2. The van der Waals surface area contributed by atoms with Crippen LogP contribution in [-0.4, -0.2) is 39.9 Å². The molecule has 0 unspecified atom stereocenters. The Balaban J connectivity index is 1.59. The summed E-state index contributed by atoms with van der Waals surface area (Å²) in [6.45, 7) is 7.96. The van der Waals surface area contributed by atoms with Gasteiger partial charge in [0, 0.05) is 16.3 Å². The fourth-order valence-electron chi connectivity index (χ4n) is 3.32. The second kappa shape index (κ2) is 8.45. The van der Waals surface area contributed by atoms with E-state index in [0.29, 0.717) is 6.61 Å². The quantitative estimate of drug-likeness (QED) is 0.856. The molecule has 0 radical (unpaired) electrons. The molecular weight excluding hydrogens is 336 g/mol. The smallest absolute Gasteiger partial charge is 0.161 e. The largest absolute Gasteiger partial charge is 0.493 e. The maximum Gasteiger partial charge on any atom is 0.161 e. The van der Waals surface area contributed by atoms with Crippen LogP contribution in [0.5, 0.6) is 11.5 Å². The second-order valence-corrected chi connectivity index (χ2v) is 6.75. The van der Waals surface area contributed by atoms with Crippen molar-refractivity contribution in [3.05, 3.63) is 53.1 Å². The fourth-order valence-corrected chi connectivity index (χ4v) is 3.50. The van der Waals surface area contributed by atoms with E-state index >= 15 is 0 Å². The lowest BCUT2D eigenvalue weighted by Gasteiger charge is -2.33. The molecule has 4 nitrogen and oxygen atoms in total. The van der Waals surface area contributed by atoms with Crippen molar-refractivity contribution >= 4 is 17.3 Å². The highest BCUT2D eigenvalue weighted by molar-refractivity contribution is 6.30. The van der Waals surface area contributed by atoms with Gasteiger partial charge in [0.05, 0.1) is 39.9 Å². The maximum absolute atomic E-state index is 6.11. The lowest BCUT2D eigenvalue weighted by molar-refractivity contribution is -0.914. The first-order valence-electron chi connectivity index (χ1n) is 8.83. The van der Waals surface area contributed by atoms with Crippen LogP contribution in [0.25, 0.3) is 0 Å². The van der Waals surface area contributed by atoms with Crippen molar-refractivity contribution in [2.45, 2.75) is 13.5 Å². The number of rotatable bonds is 6. The third kappa shape index (κ3) is 4.59. The van der Waals surface area contributed by atoms with E-state index in [9.17, 15) is 0 Å². The zero-order valence-corrected chi connectivity index (χ0v) is 15.7. The number of halogens is 1. The van der Waals surface area contributed by atoms with Gasteiger partial charge in [-0.05, 0) is 43.3 Å². The third-order valence-electron chi connectivity index (χ3n) is 4.63. The molecule has 0 atom stereocenters. The lowest BCUT2D eigenvalue weighted by Crippen LogP contribution is -3.13. The van der Waals surface area contributed by atoms with E-state index in [1.54, 1.807) is 12.0 Å². The molecule has 1 aliphatic rings. The summed E-state index contributed by atoms with van der Waals surface area (Å²) in [6.07, 6.45) is 0. The summed E-state index contributed by atoms with van der Waals surface area (Å²) in [6, 6.07) is 14.4. The Hall–Kier alpha value is -1.91. The van der Waals surface area contributed by atoms with Gasteiger partial charge in [-0.1, -0.05) is 17.7 Å². The minimum absolute atomic E-state index is 0.644. The molecule has 0 aliphatic carbocycles. The van der Waals surface area contributed by atoms with Crippen molar-refractivity contribution in [2.75, 3.05) is 44.8 Å². The Morgan fingerprint density at radius 1 is 1.08 bits per heavy atom. The van der Waals surface area contributed by atoms with Gasteiger partial charge in [0.1, 0.15) is 6.54 Å². The molecule has 1 N–H and O–H groups in total. The second-order valence-electron chi connectivity index (χ2n) is 6.31. The van der Waals surface area contributed by atoms with E-state index in [0.717, 1.165) is 49.2 Å². The Kier molecular flexibility index (Phi) is 6.05. The summed E-state index contributed by atoms with van der Waals surface area (Å²) in [4.78, 5) is 4.00. The zero-order valence-electron chi connectivity index (χ0n) is 14.9. The number of piperazine rings is 1.